The van der Waals surface area contributed by atoms with Crippen LogP contribution in [0.4, 0.5) is 19.0 Å². The maximum absolute atomic E-state index is 15.2. The first-order valence-corrected chi connectivity index (χ1v) is 16.1. The number of carbonyl (C=O) groups excluding carboxylic acids is 1. The third-order valence-electron chi connectivity index (χ3n) is 9.33. The molecule has 1 unspecified atom stereocenters. The molecular formula is C32H34F3N7O2S. The number of benzene rings is 2. The first-order valence-electron chi connectivity index (χ1n) is 15.1. The molecule has 5 heterocycles. The Morgan fingerprint density at radius 3 is 2.53 bits per heavy atom. The number of fused-ring (bicyclic) bond motifs is 1. The SMILES string of the molecule is C=CC(=O)N1[C@H](C)CN(c2nc(=O)n3c4c(c(-c5cccc6cnn(C)c56)c(C(F)(F)F)cc24)SCC3CN2CCC2)C[C@@H]1C. The van der Waals surface area contributed by atoms with Crippen molar-refractivity contribution < 1.29 is 18.0 Å². The molecule has 236 valence electrons. The second kappa shape index (κ2) is 10.9. The molecule has 3 aliphatic heterocycles. The van der Waals surface area contributed by atoms with Crippen molar-refractivity contribution in [1.82, 2.24) is 29.1 Å². The third-order valence-corrected chi connectivity index (χ3v) is 10.6. The zero-order chi connectivity index (χ0) is 31.8. The number of piperazine rings is 1. The summed E-state index contributed by atoms with van der Waals surface area (Å²) in [5.41, 5.74) is 0.308. The first-order chi connectivity index (χ1) is 21.5. The van der Waals surface area contributed by atoms with Gasteiger partial charge in [0.1, 0.15) is 5.82 Å². The van der Waals surface area contributed by atoms with Gasteiger partial charge in [-0.2, -0.15) is 23.3 Å². The minimum atomic E-state index is -4.69. The Hall–Kier alpha value is -3.84. The van der Waals surface area contributed by atoms with Crippen LogP contribution in [0.2, 0.25) is 0 Å². The molecule has 1 amide bonds. The molecule has 0 bridgehead atoms. The van der Waals surface area contributed by atoms with Gasteiger partial charge in [-0.3, -0.25) is 14.0 Å². The fourth-order valence-corrected chi connectivity index (χ4v) is 8.61. The lowest BCUT2D eigenvalue weighted by molar-refractivity contribution is -0.137. The van der Waals surface area contributed by atoms with Gasteiger partial charge in [-0.15, -0.1) is 11.8 Å². The Morgan fingerprint density at radius 2 is 1.89 bits per heavy atom. The monoisotopic (exact) mass is 637 g/mol. The molecule has 2 saturated heterocycles. The average molecular weight is 638 g/mol. The normalized spacial score (nSPS) is 22.2. The van der Waals surface area contributed by atoms with Crippen LogP contribution in [-0.4, -0.2) is 85.6 Å². The van der Waals surface area contributed by atoms with Crippen molar-refractivity contribution >= 4 is 45.3 Å². The van der Waals surface area contributed by atoms with Crippen LogP contribution in [0.5, 0.6) is 0 Å². The number of para-hydroxylation sites is 1. The predicted octanol–water partition coefficient (Wildman–Crippen LogP) is 4.93. The fraction of sp³-hybridized carbons (Fsp3) is 0.438. The lowest BCUT2D eigenvalue weighted by Gasteiger charge is -2.45. The van der Waals surface area contributed by atoms with E-state index in [1.807, 2.05) is 24.8 Å². The van der Waals surface area contributed by atoms with Crippen LogP contribution in [0.15, 0.2) is 52.8 Å². The molecule has 0 radical (unpaired) electrons. The maximum atomic E-state index is 15.2. The van der Waals surface area contributed by atoms with Crippen LogP contribution in [0.3, 0.4) is 0 Å². The van der Waals surface area contributed by atoms with Crippen LogP contribution >= 0.6 is 11.8 Å². The van der Waals surface area contributed by atoms with Gasteiger partial charge in [-0.25, -0.2) is 4.79 Å². The number of rotatable bonds is 5. The van der Waals surface area contributed by atoms with E-state index in [9.17, 15) is 9.59 Å². The largest absolute Gasteiger partial charge is 0.417 e. The number of amides is 1. The van der Waals surface area contributed by atoms with Gasteiger partial charge in [0.15, 0.2) is 0 Å². The van der Waals surface area contributed by atoms with Crippen LogP contribution in [-0.2, 0) is 18.0 Å². The summed E-state index contributed by atoms with van der Waals surface area (Å²) >= 11 is 1.38. The van der Waals surface area contributed by atoms with Crippen molar-refractivity contribution in [3.05, 3.63) is 59.2 Å². The second-order valence-electron chi connectivity index (χ2n) is 12.3. The second-order valence-corrected chi connectivity index (χ2v) is 13.3. The Bertz CT molecular complexity index is 1900. The van der Waals surface area contributed by atoms with Crippen LogP contribution < -0.4 is 10.6 Å². The zero-order valence-electron chi connectivity index (χ0n) is 25.3. The molecule has 2 fully saturated rings. The number of thioether (sulfide) groups is 1. The van der Waals surface area contributed by atoms with Crippen molar-refractivity contribution in [3.8, 4) is 11.1 Å². The number of aromatic nitrogens is 4. The summed E-state index contributed by atoms with van der Waals surface area (Å²) in [6.45, 7) is 10.5. The highest BCUT2D eigenvalue weighted by atomic mass is 32.2. The van der Waals surface area contributed by atoms with Crippen molar-refractivity contribution in [3.63, 3.8) is 0 Å². The summed E-state index contributed by atoms with van der Waals surface area (Å²) in [7, 11) is 1.72. The van der Waals surface area contributed by atoms with E-state index < -0.39 is 17.4 Å². The molecule has 0 N–H and O–H groups in total. The molecule has 2 aromatic carbocycles. The summed E-state index contributed by atoms with van der Waals surface area (Å²) < 4.78 is 48.8. The van der Waals surface area contributed by atoms with Crippen molar-refractivity contribution in [2.75, 3.05) is 43.4 Å². The number of hydrogen-bond donors (Lipinski definition) is 0. The van der Waals surface area contributed by atoms with Crippen LogP contribution in [0.1, 0.15) is 31.9 Å². The Kier molecular flexibility index (Phi) is 7.23. The minimum Gasteiger partial charge on any atom is -0.352 e. The van der Waals surface area contributed by atoms with Gasteiger partial charge >= 0.3 is 11.9 Å². The molecule has 3 atom stereocenters. The van der Waals surface area contributed by atoms with E-state index in [1.54, 1.807) is 39.5 Å². The van der Waals surface area contributed by atoms with Gasteiger partial charge in [0.2, 0.25) is 5.91 Å². The number of hydrogen-bond acceptors (Lipinski definition) is 7. The number of likely N-dealkylation sites (tertiary alicyclic amines) is 1. The van der Waals surface area contributed by atoms with E-state index in [4.69, 9.17) is 0 Å². The molecule has 0 spiro atoms. The van der Waals surface area contributed by atoms with Crippen molar-refractivity contribution in [2.45, 2.75) is 49.5 Å². The Labute approximate surface area is 262 Å². The highest BCUT2D eigenvalue weighted by Crippen LogP contribution is 2.51. The van der Waals surface area contributed by atoms with Gasteiger partial charge in [0.25, 0.3) is 0 Å². The van der Waals surface area contributed by atoms with E-state index in [0.29, 0.717) is 52.3 Å². The van der Waals surface area contributed by atoms with Crippen LogP contribution in [0, 0.1) is 0 Å². The standard InChI is InChI=1S/C32H34F3N7O2S/c1-5-25(43)41-18(2)14-40(15-19(41)3)30-23-12-24(32(33,34)35)26(22-9-6-8-20-13-36-38(4)27(20)22)29-28(23)42(31(44)37-30)21(17-45-29)16-39-10-7-11-39/h5-6,8-9,12-13,18-19,21H,1,7,10-11,14-17H2,2-4H3/t18-,19+,21?. The number of halogens is 3. The molecule has 2 aromatic heterocycles. The summed E-state index contributed by atoms with van der Waals surface area (Å²) in [5.74, 6) is 0.460. The van der Waals surface area contributed by atoms with Crippen LogP contribution in [0.25, 0.3) is 32.9 Å². The van der Waals surface area contributed by atoms with Gasteiger partial charge in [-0.1, -0.05) is 24.8 Å². The van der Waals surface area contributed by atoms with Gasteiger partial charge in [-0.05, 0) is 45.5 Å². The predicted molar refractivity (Wildman–Crippen MR) is 170 cm³/mol. The van der Waals surface area contributed by atoms with Gasteiger partial charge < -0.3 is 14.7 Å². The Balaban J connectivity index is 1.52. The summed E-state index contributed by atoms with van der Waals surface area (Å²) in [5, 5.41) is 5.35. The molecule has 7 rings (SSSR count). The molecular weight excluding hydrogens is 603 g/mol. The lowest BCUT2D eigenvalue weighted by Crippen LogP contribution is -2.58. The number of carbonyl (C=O) groups is 1. The van der Waals surface area contributed by atoms with E-state index >= 15 is 13.2 Å². The smallest absolute Gasteiger partial charge is 0.352 e. The Morgan fingerprint density at radius 1 is 1.16 bits per heavy atom. The molecule has 13 heteroatoms. The minimum absolute atomic E-state index is 0.0602. The molecule has 3 aliphatic rings. The fourth-order valence-electron chi connectivity index (χ4n) is 7.29. The first kappa shape index (κ1) is 29.8. The number of nitrogens with zero attached hydrogens (tertiary/aromatic N) is 7. The highest BCUT2D eigenvalue weighted by molar-refractivity contribution is 7.99. The van der Waals surface area contributed by atoms with E-state index in [-0.39, 0.29) is 35.4 Å². The van der Waals surface area contributed by atoms with Gasteiger partial charge in [0, 0.05) is 71.3 Å². The lowest BCUT2D eigenvalue weighted by atomic mass is 9.94. The van der Waals surface area contributed by atoms with E-state index in [2.05, 4.69) is 21.6 Å². The number of alkyl halides is 3. The topological polar surface area (TPSA) is 79.5 Å². The molecule has 0 saturated carbocycles. The van der Waals surface area contributed by atoms with E-state index in [0.717, 1.165) is 24.9 Å². The number of aryl methyl sites for hydroxylation is 1. The van der Waals surface area contributed by atoms with Crippen molar-refractivity contribution in [2.24, 2.45) is 7.05 Å². The summed E-state index contributed by atoms with van der Waals surface area (Å²) in [6, 6.07) is 5.67. The quantitative estimate of drug-likeness (QED) is 0.287. The summed E-state index contributed by atoms with van der Waals surface area (Å²) in [6.07, 6.45) is -0.691. The summed E-state index contributed by atoms with van der Waals surface area (Å²) in [4.78, 5) is 37.4. The van der Waals surface area contributed by atoms with E-state index in [1.165, 1.54) is 23.9 Å². The van der Waals surface area contributed by atoms with Crippen molar-refractivity contribution in [1.29, 1.82) is 0 Å². The number of anilines is 1. The molecule has 0 aliphatic carbocycles. The maximum Gasteiger partial charge on any atom is 0.417 e. The highest BCUT2D eigenvalue weighted by Gasteiger charge is 2.41. The molecule has 9 nitrogen and oxygen atoms in total. The zero-order valence-corrected chi connectivity index (χ0v) is 26.2. The van der Waals surface area contributed by atoms with Gasteiger partial charge in [0.05, 0.1) is 28.8 Å². The molecule has 4 aromatic rings. The average Bonchev–Trinajstić information content (AvgIpc) is 3.36. The third kappa shape index (κ3) is 4.82. The molecule has 45 heavy (non-hydrogen) atoms.